The van der Waals surface area contributed by atoms with Gasteiger partial charge in [0.2, 0.25) is 0 Å². The molecule has 0 aliphatic heterocycles. The van der Waals surface area contributed by atoms with Gasteiger partial charge in [0.1, 0.15) is 0 Å². The van der Waals surface area contributed by atoms with Gasteiger partial charge in [0.05, 0.1) is 18.2 Å². The Morgan fingerprint density at radius 2 is 1.00 bits per heavy atom. The highest BCUT2D eigenvalue weighted by Gasteiger charge is 2.45. The first kappa shape index (κ1) is 29.6. The fourth-order valence-corrected chi connectivity index (χ4v) is 7.20. The quantitative estimate of drug-likeness (QED) is 0.252. The van der Waals surface area contributed by atoms with Gasteiger partial charge >= 0.3 is 0 Å². The van der Waals surface area contributed by atoms with Gasteiger partial charge in [-0.25, -0.2) is 0 Å². The third-order valence-electron chi connectivity index (χ3n) is 4.92. The molecule has 0 aromatic carbocycles. The molecule has 0 rings (SSSR count). The standard InChI is InChI=1S/C21H47NO5P2/c1-11-24-19(9,25-12-2)28-17(7)21(22,15-23-16(5)6)18(8)29-20(10,26-13-3)27-14-4/h16-18,28-29H,11-15,22H2,1-10H3. The molecule has 0 radical (unpaired) electrons. The molecule has 0 aromatic rings. The van der Waals surface area contributed by atoms with E-state index in [9.17, 15) is 0 Å². The van der Waals surface area contributed by atoms with E-state index >= 15 is 0 Å². The molecule has 0 aliphatic rings. The van der Waals surface area contributed by atoms with Crippen molar-refractivity contribution in [3.05, 3.63) is 0 Å². The zero-order valence-corrected chi connectivity index (χ0v) is 22.4. The van der Waals surface area contributed by atoms with E-state index < -0.39 is 16.6 Å². The molecule has 0 bridgehead atoms. The van der Waals surface area contributed by atoms with Gasteiger partial charge in [-0.1, -0.05) is 31.0 Å². The fourth-order valence-electron chi connectivity index (χ4n) is 3.34. The third-order valence-corrected chi connectivity index (χ3v) is 8.48. The Balaban J connectivity index is 5.66. The zero-order valence-electron chi connectivity index (χ0n) is 20.4. The Labute approximate surface area is 183 Å². The number of ether oxygens (including phenoxy) is 5. The third kappa shape index (κ3) is 10.2. The molecule has 176 valence electrons. The fraction of sp³-hybridized carbons (Fsp3) is 1.00. The van der Waals surface area contributed by atoms with Crippen molar-refractivity contribution in [1.82, 2.24) is 0 Å². The van der Waals surface area contributed by atoms with Crippen LogP contribution >= 0.6 is 17.2 Å². The summed E-state index contributed by atoms with van der Waals surface area (Å²) in [6.07, 6.45) is 0.110. The topological polar surface area (TPSA) is 72.2 Å². The molecule has 8 heteroatoms. The van der Waals surface area contributed by atoms with Crippen molar-refractivity contribution in [2.75, 3.05) is 33.0 Å². The van der Waals surface area contributed by atoms with Crippen molar-refractivity contribution in [2.24, 2.45) is 5.73 Å². The van der Waals surface area contributed by atoms with Gasteiger partial charge in [0.25, 0.3) is 0 Å². The van der Waals surface area contributed by atoms with Crippen molar-refractivity contribution >= 4 is 17.2 Å². The number of rotatable bonds is 17. The lowest BCUT2D eigenvalue weighted by Crippen LogP contribution is -2.60. The van der Waals surface area contributed by atoms with Crippen LogP contribution in [-0.4, -0.2) is 67.1 Å². The Hall–Kier alpha value is 0.620. The molecule has 2 N–H and O–H groups in total. The smallest absolute Gasteiger partial charge is 0.181 e. The van der Waals surface area contributed by atoms with E-state index in [0.717, 1.165) is 0 Å². The largest absolute Gasteiger partial charge is 0.377 e. The predicted molar refractivity (Wildman–Crippen MR) is 127 cm³/mol. The van der Waals surface area contributed by atoms with Gasteiger partial charge in [-0.3, -0.25) is 0 Å². The summed E-state index contributed by atoms with van der Waals surface area (Å²) in [7, 11) is 0.746. The maximum atomic E-state index is 7.10. The van der Waals surface area contributed by atoms with Crippen LogP contribution in [0.25, 0.3) is 0 Å². The molecule has 6 nitrogen and oxygen atoms in total. The van der Waals surface area contributed by atoms with Crippen LogP contribution < -0.4 is 5.73 Å². The van der Waals surface area contributed by atoms with Crippen LogP contribution in [0.4, 0.5) is 0 Å². The minimum atomic E-state index is -0.642. The van der Waals surface area contributed by atoms with E-state index in [4.69, 9.17) is 29.4 Å². The van der Waals surface area contributed by atoms with Gasteiger partial charge in [0.15, 0.2) is 11.1 Å². The van der Waals surface area contributed by atoms with E-state index in [1.54, 1.807) is 0 Å². The molecule has 0 heterocycles. The first-order valence-electron chi connectivity index (χ1n) is 10.9. The highest BCUT2D eigenvalue weighted by molar-refractivity contribution is 7.41. The van der Waals surface area contributed by atoms with Crippen LogP contribution in [0.15, 0.2) is 0 Å². The van der Waals surface area contributed by atoms with E-state index in [2.05, 4.69) is 13.8 Å². The zero-order chi connectivity index (χ0) is 22.7. The summed E-state index contributed by atoms with van der Waals surface area (Å²) in [5, 5.41) is 0. The van der Waals surface area contributed by atoms with Gasteiger partial charge in [-0.2, -0.15) is 0 Å². The first-order valence-corrected chi connectivity index (χ1v) is 13.1. The molecule has 0 aliphatic carbocycles. The number of hydrogen-bond donors (Lipinski definition) is 1. The van der Waals surface area contributed by atoms with Gasteiger partial charge in [0, 0.05) is 26.4 Å². The molecular formula is C21H47NO5P2. The lowest BCUT2D eigenvalue weighted by atomic mass is 9.94. The van der Waals surface area contributed by atoms with Gasteiger partial charge in [-0.05, 0) is 66.7 Å². The van der Waals surface area contributed by atoms with E-state index in [0.29, 0.717) is 50.2 Å². The highest BCUT2D eigenvalue weighted by atomic mass is 31.1. The molecule has 0 aromatic heterocycles. The van der Waals surface area contributed by atoms with Crippen LogP contribution in [0.2, 0.25) is 0 Å². The summed E-state index contributed by atoms with van der Waals surface area (Å²) >= 11 is 0. The summed E-state index contributed by atoms with van der Waals surface area (Å²) in [6, 6.07) is 0. The summed E-state index contributed by atoms with van der Waals surface area (Å²) in [5.41, 5.74) is 5.50. The van der Waals surface area contributed by atoms with E-state index in [1.165, 1.54) is 0 Å². The van der Waals surface area contributed by atoms with Crippen LogP contribution in [0.3, 0.4) is 0 Å². The number of hydrogen-bond acceptors (Lipinski definition) is 6. The van der Waals surface area contributed by atoms with Crippen molar-refractivity contribution < 1.29 is 23.7 Å². The lowest BCUT2D eigenvalue weighted by Gasteiger charge is -2.46. The highest BCUT2D eigenvalue weighted by Crippen LogP contribution is 2.48. The molecular weight excluding hydrogens is 408 g/mol. The van der Waals surface area contributed by atoms with Crippen LogP contribution in [0.1, 0.15) is 69.2 Å². The number of nitrogens with two attached hydrogens (primary N) is 1. The molecule has 0 fully saturated rings. The molecule has 0 saturated heterocycles. The maximum absolute atomic E-state index is 7.10. The minimum absolute atomic E-state index is 0.110. The van der Waals surface area contributed by atoms with Crippen molar-refractivity contribution in [3.63, 3.8) is 0 Å². The SMILES string of the molecule is CCOC(C)(OCC)PC(C)C(N)(COC(C)C)C(C)PC(C)(OCC)OCC. The van der Waals surface area contributed by atoms with Crippen LogP contribution in [0.5, 0.6) is 0 Å². The monoisotopic (exact) mass is 455 g/mol. The second kappa shape index (κ2) is 13.9. The Morgan fingerprint density at radius 3 is 1.24 bits per heavy atom. The second-order valence-corrected chi connectivity index (χ2v) is 12.0. The summed E-state index contributed by atoms with van der Waals surface area (Å²) in [5.74, 6) is 0. The molecule has 0 amide bonds. The summed E-state index contributed by atoms with van der Waals surface area (Å²) in [4.78, 5) is 0. The van der Waals surface area contributed by atoms with Crippen molar-refractivity contribution in [3.8, 4) is 0 Å². The maximum Gasteiger partial charge on any atom is 0.181 e. The van der Waals surface area contributed by atoms with Gasteiger partial charge in [-0.15, -0.1) is 0 Å². The average Bonchev–Trinajstić information content (AvgIpc) is 2.59. The summed E-state index contributed by atoms with van der Waals surface area (Å²) < 4.78 is 29.9. The van der Waals surface area contributed by atoms with Crippen molar-refractivity contribution in [2.45, 2.75) is 103 Å². The van der Waals surface area contributed by atoms with E-state index in [-0.39, 0.29) is 17.4 Å². The average molecular weight is 456 g/mol. The molecule has 4 atom stereocenters. The molecule has 4 unspecified atom stereocenters. The summed E-state index contributed by atoms with van der Waals surface area (Å²) in [6.45, 7) is 23.3. The van der Waals surface area contributed by atoms with Crippen LogP contribution in [-0.2, 0) is 23.7 Å². The second-order valence-electron chi connectivity index (χ2n) is 7.83. The van der Waals surface area contributed by atoms with Gasteiger partial charge < -0.3 is 29.4 Å². The Morgan fingerprint density at radius 1 is 0.690 bits per heavy atom. The Kier molecular flexibility index (Phi) is 14.2. The van der Waals surface area contributed by atoms with Crippen molar-refractivity contribution in [1.29, 1.82) is 0 Å². The lowest BCUT2D eigenvalue weighted by molar-refractivity contribution is -0.156. The van der Waals surface area contributed by atoms with Crippen LogP contribution in [0, 0.1) is 0 Å². The molecule has 0 spiro atoms. The minimum Gasteiger partial charge on any atom is -0.377 e. The Bertz CT molecular complexity index is 397. The molecule has 0 saturated carbocycles. The normalized spacial score (nSPS) is 18.2. The van der Waals surface area contributed by atoms with E-state index in [1.807, 2.05) is 55.4 Å². The molecule has 29 heavy (non-hydrogen) atoms. The first-order chi connectivity index (χ1) is 13.4. The predicted octanol–water partition coefficient (Wildman–Crippen LogP) is 4.74.